The number of carbonyl (C=O) groups is 1. The van der Waals surface area contributed by atoms with E-state index >= 15 is 0 Å². The molecular formula is C32H28FN5O6. The zero-order valence-electron chi connectivity index (χ0n) is 24.0. The van der Waals surface area contributed by atoms with Crippen molar-refractivity contribution in [1.29, 1.82) is 0 Å². The number of fused-ring (bicyclic) bond motifs is 1. The van der Waals surface area contributed by atoms with Crippen molar-refractivity contribution in [3.8, 4) is 34.3 Å². The van der Waals surface area contributed by atoms with Crippen molar-refractivity contribution in [2.45, 2.75) is 18.9 Å². The molecule has 1 saturated heterocycles. The Kier molecular flexibility index (Phi) is 8.15. The van der Waals surface area contributed by atoms with Crippen molar-refractivity contribution in [3.63, 3.8) is 0 Å². The number of anilines is 1. The fourth-order valence-corrected chi connectivity index (χ4v) is 4.98. The number of amides is 1. The van der Waals surface area contributed by atoms with Gasteiger partial charge in [-0.1, -0.05) is 12.1 Å². The number of benzene rings is 2. The summed E-state index contributed by atoms with van der Waals surface area (Å²) in [6.45, 7) is 1.09. The average molecular weight is 598 g/mol. The summed E-state index contributed by atoms with van der Waals surface area (Å²) in [5.74, 6) is 0.704. The second kappa shape index (κ2) is 12.5. The molecule has 0 saturated carbocycles. The summed E-state index contributed by atoms with van der Waals surface area (Å²) >= 11 is 0. The molecule has 0 radical (unpaired) electrons. The highest BCUT2D eigenvalue weighted by molar-refractivity contribution is 6.03. The standard InChI is InChI=1S/C32H28FN5O6/c1-41-27-15-23-25(16-28(27)42-2)34-12-9-26(23)44-29-8-7-21(17-35-29)36-32(40)30-31(39)24(19-3-5-20(33)6-4-19)18-38(37-30)22-10-13-43-14-11-22/h3-9,12,15-18,22H,10-11,13-14H2,1-2H3,(H,36,40). The van der Waals surface area contributed by atoms with Gasteiger partial charge in [0.15, 0.2) is 17.2 Å². The molecule has 0 atom stereocenters. The maximum Gasteiger partial charge on any atom is 0.280 e. The van der Waals surface area contributed by atoms with Gasteiger partial charge in [0.25, 0.3) is 5.91 Å². The second-order valence-corrected chi connectivity index (χ2v) is 10.0. The first-order chi connectivity index (χ1) is 21.4. The molecule has 224 valence electrons. The van der Waals surface area contributed by atoms with E-state index in [1.807, 2.05) is 0 Å². The summed E-state index contributed by atoms with van der Waals surface area (Å²) in [6.07, 6.45) is 6.00. The van der Waals surface area contributed by atoms with Crippen LogP contribution < -0.4 is 25.0 Å². The second-order valence-electron chi connectivity index (χ2n) is 10.0. The Hall–Kier alpha value is -5.36. The van der Waals surface area contributed by atoms with Crippen LogP contribution in [0, 0.1) is 5.82 Å². The lowest BCUT2D eigenvalue weighted by Crippen LogP contribution is -2.30. The van der Waals surface area contributed by atoms with Gasteiger partial charge < -0.3 is 24.3 Å². The molecule has 1 aliphatic heterocycles. The van der Waals surface area contributed by atoms with E-state index in [9.17, 15) is 14.0 Å². The van der Waals surface area contributed by atoms with Crippen LogP contribution in [-0.2, 0) is 4.74 Å². The molecule has 11 nitrogen and oxygen atoms in total. The fraction of sp³-hybridized carbons (Fsp3) is 0.219. The SMILES string of the molecule is COc1cc2nccc(Oc3ccc(NC(=O)c4nn(C5CCOCC5)cc(-c5ccc(F)cc5)c4=O)cn3)c2cc1OC. The number of aromatic nitrogens is 4. The number of rotatable bonds is 8. The molecule has 1 amide bonds. The topological polar surface area (TPSA) is 127 Å². The highest BCUT2D eigenvalue weighted by Gasteiger charge is 2.23. The minimum atomic E-state index is -0.698. The lowest BCUT2D eigenvalue weighted by Gasteiger charge is -2.24. The quantitative estimate of drug-likeness (QED) is 0.250. The largest absolute Gasteiger partial charge is 0.493 e. The van der Waals surface area contributed by atoms with Gasteiger partial charge in [0.2, 0.25) is 11.3 Å². The maximum atomic E-state index is 13.6. The minimum absolute atomic E-state index is 0.0569. The van der Waals surface area contributed by atoms with Gasteiger partial charge in [0.1, 0.15) is 11.6 Å². The Bertz CT molecular complexity index is 1870. The molecule has 3 aromatic heterocycles. The average Bonchev–Trinajstić information content (AvgIpc) is 3.06. The normalized spacial score (nSPS) is 13.4. The van der Waals surface area contributed by atoms with E-state index in [-0.39, 0.29) is 23.2 Å². The molecule has 0 aliphatic carbocycles. The van der Waals surface area contributed by atoms with Gasteiger partial charge in [-0.15, -0.1) is 0 Å². The molecule has 1 N–H and O–H groups in total. The molecule has 0 bridgehead atoms. The summed E-state index contributed by atoms with van der Waals surface area (Å²) < 4.78 is 37.5. The summed E-state index contributed by atoms with van der Waals surface area (Å²) in [7, 11) is 3.10. The van der Waals surface area contributed by atoms with Crippen molar-refractivity contribution in [1.82, 2.24) is 19.7 Å². The van der Waals surface area contributed by atoms with E-state index in [1.54, 1.807) is 61.6 Å². The predicted molar refractivity (Wildman–Crippen MR) is 160 cm³/mol. The van der Waals surface area contributed by atoms with Crippen LogP contribution in [-0.4, -0.2) is 53.1 Å². The van der Waals surface area contributed by atoms with Crippen LogP contribution in [0.2, 0.25) is 0 Å². The van der Waals surface area contributed by atoms with Gasteiger partial charge in [-0.05, 0) is 48.7 Å². The van der Waals surface area contributed by atoms with E-state index < -0.39 is 17.2 Å². The lowest BCUT2D eigenvalue weighted by molar-refractivity contribution is 0.0655. The number of pyridine rings is 2. The number of hydrogen-bond acceptors (Lipinski definition) is 9. The summed E-state index contributed by atoms with van der Waals surface area (Å²) in [5.41, 5.74) is 0.854. The van der Waals surface area contributed by atoms with Crippen LogP contribution in [0.3, 0.4) is 0 Å². The number of nitrogens with zero attached hydrogens (tertiary/aromatic N) is 4. The number of halogens is 1. The van der Waals surface area contributed by atoms with Crippen LogP contribution >= 0.6 is 0 Å². The summed E-state index contributed by atoms with van der Waals surface area (Å²) in [5, 5.41) is 7.82. The van der Waals surface area contributed by atoms with E-state index in [0.29, 0.717) is 65.5 Å². The Morgan fingerprint density at radius 2 is 1.73 bits per heavy atom. The first-order valence-electron chi connectivity index (χ1n) is 13.9. The number of hydrogen-bond donors (Lipinski definition) is 1. The van der Waals surface area contributed by atoms with Crippen molar-refractivity contribution in [2.24, 2.45) is 0 Å². The number of nitrogens with one attached hydrogen (secondary N) is 1. The predicted octanol–water partition coefficient (Wildman–Crippen LogP) is 5.41. The van der Waals surface area contributed by atoms with Gasteiger partial charge in [0, 0.05) is 48.7 Å². The number of methoxy groups -OCH3 is 2. The molecule has 44 heavy (non-hydrogen) atoms. The lowest BCUT2D eigenvalue weighted by atomic mass is 10.1. The van der Waals surface area contributed by atoms with E-state index in [1.165, 1.54) is 30.5 Å². The third-order valence-corrected chi connectivity index (χ3v) is 7.29. The van der Waals surface area contributed by atoms with Gasteiger partial charge in [0.05, 0.1) is 37.7 Å². The molecule has 4 heterocycles. The van der Waals surface area contributed by atoms with Crippen molar-refractivity contribution < 1.29 is 28.1 Å². The molecule has 6 rings (SSSR count). The Labute approximate surface area is 251 Å². The van der Waals surface area contributed by atoms with Crippen molar-refractivity contribution >= 4 is 22.5 Å². The van der Waals surface area contributed by atoms with Crippen LogP contribution in [0.25, 0.3) is 22.0 Å². The zero-order chi connectivity index (χ0) is 30.6. The number of carbonyl (C=O) groups excluding carboxylic acids is 1. The molecule has 2 aromatic carbocycles. The first-order valence-corrected chi connectivity index (χ1v) is 13.9. The molecule has 5 aromatic rings. The molecular weight excluding hydrogens is 569 g/mol. The third kappa shape index (κ3) is 5.92. The molecule has 12 heteroatoms. The van der Waals surface area contributed by atoms with Gasteiger partial charge in [-0.2, -0.15) is 5.10 Å². The van der Waals surface area contributed by atoms with E-state index in [0.717, 1.165) is 0 Å². The first kappa shape index (κ1) is 28.7. The van der Waals surface area contributed by atoms with Crippen molar-refractivity contribution in [3.05, 3.63) is 94.9 Å². The molecule has 0 unspecified atom stereocenters. The van der Waals surface area contributed by atoms with E-state index in [2.05, 4.69) is 20.4 Å². The zero-order valence-corrected chi connectivity index (χ0v) is 24.0. The Morgan fingerprint density at radius 1 is 0.977 bits per heavy atom. The molecule has 1 aliphatic rings. The third-order valence-electron chi connectivity index (χ3n) is 7.29. The Morgan fingerprint density at radius 3 is 2.43 bits per heavy atom. The minimum Gasteiger partial charge on any atom is -0.493 e. The maximum absolute atomic E-state index is 13.6. The van der Waals surface area contributed by atoms with Gasteiger partial charge in [-0.25, -0.2) is 9.37 Å². The van der Waals surface area contributed by atoms with Gasteiger partial charge >= 0.3 is 0 Å². The smallest absolute Gasteiger partial charge is 0.280 e. The monoisotopic (exact) mass is 597 g/mol. The van der Waals surface area contributed by atoms with Crippen LogP contribution in [0.15, 0.2) is 78.0 Å². The molecule has 0 spiro atoms. The van der Waals surface area contributed by atoms with Crippen molar-refractivity contribution in [2.75, 3.05) is 32.8 Å². The van der Waals surface area contributed by atoms with E-state index in [4.69, 9.17) is 18.9 Å². The van der Waals surface area contributed by atoms with Crippen LogP contribution in [0.5, 0.6) is 23.1 Å². The number of ether oxygens (including phenoxy) is 4. The summed E-state index contributed by atoms with van der Waals surface area (Å²) in [6, 6.07) is 13.9. The Balaban J connectivity index is 1.26. The summed E-state index contributed by atoms with van der Waals surface area (Å²) in [4.78, 5) is 35.5. The highest BCUT2D eigenvalue weighted by atomic mass is 19.1. The van der Waals surface area contributed by atoms with Crippen LogP contribution in [0.4, 0.5) is 10.1 Å². The highest BCUT2D eigenvalue weighted by Crippen LogP contribution is 2.36. The molecule has 1 fully saturated rings. The fourth-order valence-electron chi connectivity index (χ4n) is 4.98. The van der Waals surface area contributed by atoms with Crippen LogP contribution in [0.1, 0.15) is 29.4 Å². The van der Waals surface area contributed by atoms with Gasteiger partial charge in [-0.3, -0.25) is 19.3 Å².